The first kappa shape index (κ1) is 18.2. The zero-order chi connectivity index (χ0) is 19.7. The number of hydrogen-bond donors (Lipinski definition) is 1. The number of rotatable bonds is 4. The molecule has 9 heteroatoms. The van der Waals surface area contributed by atoms with E-state index in [-0.39, 0.29) is 24.6 Å². The number of anilines is 1. The van der Waals surface area contributed by atoms with Gasteiger partial charge in [0.15, 0.2) is 0 Å². The number of fused-ring (bicyclic) bond motifs is 1. The van der Waals surface area contributed by atoms with Crippen LogP contribution < -0.4 is 10.5 Å². The molecule has 4 rings (SSSR count). The predicted molar refractivity (Wildman–Crippen MR) is 104 cm³/mol. The van der Waals surface area contributed by atoms with Crippen LogP contribution in [-0.2, 0) is 13.6 Å². The van der Waals surface area contributed by atoms with Gasteiger partial charge < -0.3 is 14.9 Å². The summed E-state index contributed by atoms with van der Waals surface area (Å²) >= 11 is 0. The van der Waals surface area contributed by atoms with Gasteiger partial charge in [0.2, 0.25) is 0 Å². The molecule has 2 aromatic heterocycles. The van der Waals surface area contributed by atoms with E-state index in [1.165, 1.54) is 10.9 Å². The number of hydrogen-bond acceptors (Lipinski definition) is 6. The summed E-state index contributed by atoms with van der Waals surface area (Å²) in [7, 11) is 1.76. The van der Waals surface area contributed by atoms with Crippen molar-refractivity contribution in [3.8, 4) is 0 Å². The number of nitrogens with zero attached hydrogens (tertiary/aromatic N) is 6. The summed E-state index contributed by atoms with van der Waals surface area (Å²) in [6, 6.07) is 7.32. The Hall–Kier alpha value is -3.20. The van der Waals surface area contributed by atoms with Gasteiger partial charge in [-0.15, -0.1) is 0 Å². The van der Waals surface area contributed by atoms with Gasteiger partial charge in [0.05, 0.1) is 30.4 Å². The Labute approximate surface area is 161 Å². The first-order valence-electron chi connectivity index (χ1n) is 9.21. The van der Waals surface area contributed by atoms with Crippen LogP contribution in [0.15, 0.2) is 41.6 Å². The van der Waals surface area contributed by atoms with Crippen LogP contribution >= 0.6 is 0 Å². The molecular weight excluding hydrogens is 360 g/mol. The van der Waals surface area contributed by atoms with Gasteiger partial charge in [-0.05, 0) is 24.3 Å². The van der Waals surface area contributed by atoms with Crippen molar-refractivity contribution in [2.24, 2.45) is 7.05 Å². The first-order chi connectivity index (χ1) is 13.6. The molecule has 1 saturated heterocycles. The maximum atomic E-state index is 12.6. The summed E-state index contributed by atoms with van der Waals surface area (Å²) in [4.78, 5) is 33.4. The topological polar surface area (TPSA) is 96.5 Å². The van der Waals surface area contributed by atoms with E-state index in [0.717, 1.165) is 5.69 Å². The highest BCUT2D eigenvalue weighted by molar-refractivity contribution is 5.92. The molecule has 3 heterocycles. The Morgan fingerprint density at radius 3 is 2.64 bits per heavy atom. The van der Waals surface area contributed by atoms with Crippen LogP contribution in [0.4, 0.5) is 5.69 Å². The first-order valence-corrected chi connectivity index (χ1v) is 9.21. The standard InChI is InChI=1S/C19H22N6O3/c1-22-17(4-5-21-22)19(28)24-8-6-23(7-9-24)14-2-3-15-16(12-14)20-13-25(10-11-26)18(15)27/h2-5,12-13,26H,6-11H2,1H3. The molecule has 9 nitrogen and oxygen atoms in total. The summed E-state index contributed by atoms with van der Waals surface area (Å²) in [6.07, 6.45) is 3.09. The van der Waals surface area contributed by atoms with Crippen LogP contribution in [0.2, 0.25) is 0 Å². The van der Waals surface area contributed by atoms with Gasteiger partial charge in [0, 0.05) is 45.1 Å². The van der Waals surface area contributed by atoms with Gasteiger partial charge in [0.1, 0.15) is 5.69 Å². The van der Waals surface area contributed by atoms with Crippen LogP contribution in [0.3, 0.4) is 0 Å². The van der Waals surface area contributed by atoms with E-state index in [1.54, 1.807) is 30.1 Å². The molecule has 1 N–H and O–H groups in total. The number of aliphatic hydroxyl groups excluding tert-OH is 1. The maximum absolute atomic E-state index is 12.6. The van der Waals surface area contributed by atoms with E-state index in [1.807, 2.05) is 17.0 Å². The molecule has 0 spiro atoms. The third-order valence-corrected chi connectivity index (χ3v) is 5.12. The number of piperazine rings is 1. The van der Waals surface area contributed by atoms with E-state index >= 15 is 0 Å². The molecule has 1 fully saturated rings. The largest absolute Gasteiger partial charge is 0.395 e. The Morgan fingerprint density at radius 1 is 1.18 bits per heavy atom. The summed E-state index contributed by atoms with van der Waals surface area (Å²) in [6.45, 7) is 2.78. The molecule has 3 aromatic rings. The van der Waals surface area contributed by atoms with Gasteiger partial charge in [-0.1, -0.05) is 0 Å². The van der Waals surface area contributed by atoms with E-state index in [4.69, 9.17) is 5.11 Å². The highest BCUT2D eigenvalue weighted by atomic mass is 16.3. The van der Waals surface area contributed by atoms with Gasteiger partial charge in [-0.25, -0.2) is 4.98 Å². The predicted octanol–water partition coefficient (Wildman–Crippen LogP) is 0.0847. The molecule has 0 radical (unpaired) electrons. The van der Waals surface area contributed by atoms with Gasteiger partial charge in [-0.3, -0.25) is 18.8 Å². The van der Waals surface area contributed by atoms with Crippen molar-refractivity contribution in [1.29, 1.82) is 0 Å². The van der Waals surface area contributed by atoms with Crippen LogP contribution in [0.25, 0.3) is 10.9 Å². The maximum Gasteiger partial charge on any atom is 0.272 e. The molecule has 1 aliphatic heterocycles. The minimum Gasteiger partial charge on any atom is -0.395 e. The lowest BCUT2D eigenvalue weighted by Gasteiger charge is -2.36. The number of carbonyl (C=O) groups excluding carboxylic acids is 1. The number of amides is 1. The average Bonchev–Trinajstić information content (AvgIpc) is 3.15. The van der Waals surface area contributed by atoms with E-state index < -0.39 is 0 Å². The second-order valence-corrected chi connectivity index (χ2v) is 6.79. The molecule has 0 atom stereocenters. The summed E-state index contributed by atoms with van der Waals surface area (Å²) in [5, 5.41) is 13.6. The summed E-state index contributed by atoms with van der Waals surface area (Å²) in [5.41, 5.74) is 2.04. The summed E-state index contributed by atoms with van der Waals surface area (Å²) < 4.78 is 3.00. The third kappa shape index (κ3) is 3.24. The Kier molecular flexibility index (Phi) is 4.82. The number of aliphatic hydroxyl groups is 1. The fraction of sp³-hybridized carbons (Fsp3) is 0.368. The molecule has 0 aliphatic carbocycles. The second kappa shape index (κ2) is 7.43. The SMILES string of the molecule is Cn1nccc1C(=O)N1CCN(c2ccc3c(=O)n(CCO)cnc3c2)CC1. The smallest absolute Gasteiger partial charge is 0.272 e. The quantitative estimate of drug-likeness (QED) is 0.687. The molecule has 1 amide bonds. The molecule has 1 aromatic carbocycles. The Bertz CT molecular complexity index is 1060. The minimum atomic E-state index is -0.155. The van der Waals surface area contributed by atoms with Gasteiger partial charge in [0.25, 0.3) is 11.5 Å². The zero-order valence-corrected chi connectivity index (χ0v) is 15.7. The fourth-order valence-electron chi connectivity index (χ4n) is 3.52. The van der Waals surface area contributed by atoms with Gasteiger partial charge >= 0.3 is 0 Å². The molecule has 1 aliphatic rings. The lowest BCUT2D eigenvalue weighted by atomic mass is 10.2. The van der Waals surface area contributed by atoms with Crippen LogP contribution in [0.1, 0.15) is 10.5 Å². The van der Waals surface area contributed by atoms with Crippen molar-refractivity contribution >= 4 is 22.5 Å². The van der Waals surface area contributed by atoms with Crippen molar-refractivity contribution in [2.45, 2.75) is 6.54 Å². The van der Waals surface area contributed by atoms with Gasteiger partial charge in [-0.2, -0.15) is 5.10 Å². The second-order valence-electron chi connectivity index (χ2n) is 6.79. The Morgan fingerprint density at radius 2 is 1.96 bits per heavy atom. The Balaban J connectivity index is 1.49. The minimum absolute atomic E-state index is 0.00994. The monoisotopic (exact) mass is 382 g/mol. The highest BCUT2D eigenvalue weighted by Gasteiger charge is 2.24. The van der Waals surface area contributed by atoms with Crippen molar-refractivity contribution in [2.75, 3.05) is 37.7 Å². The van der Waals surface area contributed by atoms with Crippen LogP contribution in [-0.4, -0.2) is 68.0 Å². The molecule has 0 saturated carbocycles. The molecule has 0 unspecified atom stereocenters. The number of aromatic nitrogens is 4. The van der Waals surface area contributed by atoms with Crippen LogP contribution in [0, 0.1) is 0 Å². The van der Waals surface area contributed by atoms with Crippen molar-refractivity contribution in [3.05, 3.63) is 52.8 Å². The van der Waals surface area contributed by atoms with Crippen LogP contribution in [0.5, 0.6) is 0 Å². The number of carbonyl (C=O) groups is 1. The third-order valence-electron chi connectivity index (χ3n) is 5.12. The molecule has 0 bridgehead atoms. The van der Waals surface area contributed by atoms with E-state index in [0.29, 0.717) is 42.8 Å². The zero-order valence-electron chi connectivity index (χ0n) is 15.7. The van der Waals surface area contributed by atoms with E-state index in [9.17, 15) is 9.59 Å². The molecule has 28 heavy (non-hydrogen) atoms. The summed E-state index contributed by atoms with van der Waals surface area (Å²) in [5.74, 6) is -0.00994. The number of benzene rings is 1. The highest BCUT2D eigenvalue weighted by Crippen LogP contribution is 2.21. The number of aryl methyl sites for hydroxylation is 1. The normalized spacial score (nSPS) is 14.6. The van der Waals surface area contributed by atoms with E-state index in [2.05, 4.69) is 15.0 Å². The van der Waals surface area contributed by atoms with Crippen molar-refractivity contribution in [1.82, 2.24) is 24.2 Å². The molecular formula is C19H22N6O3. The lowest BCUT2D eigenvalue weighted by molar-refractivity contribution is 0.0735. The van der Waals surface area contributed by atoms with Crippen molar-refractivity contribution < 1.29 is 9.90 Å². The lowest BCUT2D eigenvalue weighted by Crippen LogP contribution is -2.49. The molecule has 146 valence electrons. The van der Waals surface area contributed by atoms with Crippen molar-refractivity contribution in [3.63, 3.8) is 0 Å². The average molecular weight is 382 g/mol. The fourth-order valence-corrected chi connectivity index (χ4v) is 3.52.